The molecule has 0 aromatic heterocycles. The normalized spacial score (nSPS) is 29.9. The fourth-order valence-electron chi connectivity index (χ4n) is 10.5. The van der Waals surface area contributed by atoms with E-state index in [4.69, 9.17) is 33.2 Å². The molecule has 68 heavy (non-hydrogen) atoms. The number of fused-ring (bicyclic) bond motifs is 5. The first-order valence-corrected chi connectivity index (χ1v) is 22.2. The third-order valence-electron chi connectivity index (χ3n) is 14.0. The molecule has 2 bridgehead atoms. The fourth-order valence-corrected chi connectivity index (χ4v) is 10.5. The van der Waals surface area contributed by atoms with Gasteiger partial charge in [0.25, 0.3) is 5.91 Å². The molecule has 17 nitrogen and oxygen atoms in total. The van der Waals surface area contributed by atoms with E-state index in [1.807, 2.05) is 0 Å². The minimum atomic E-state index is -2.47. The van der Waals surface area contributed by atoms with Gasteiger partial charge in [-0.2, -0.15) is 0 Å². The van der Waals surface area contributed by atoms with Gasteiger partial charge in [0.1, 0.15) is 36.6 Å². The van der Waals surface area contributed by atoms with E-state index >= 15 is 9.59 Å². The number of hydrogen-bond acceptors (Lipinski definition) is 16. The molecule has 4 aliphatic rings. The van der Waals surface area contributed by atoms with Crippen LogP contribution in [0.25, 0.3) is 0 Å². The third-order valence-corrected chi connectivity index (χ3v) is 14.0. The predicted molar refractivity (Wildman–Crippen MR) is 238 cm³/mol. The second-order valence-electron chi connectivity index (χ2n) is 18.3. The largest absolute Gasteiger partial charge is 0.509 e. The summed E-state index contributed by atoms with van der Waals surface area (Å²) in [7, 11) is 0. The maximum atomic E-state index is 15.7. The molecule has 7 rings (SSSR count). The lowest BCUT2D eigenvalue weighted by Crippen LogP contribution is -2.82. The van der Waals surface area contributed by atoms with E-state index in [1.54, 1.807) is 66.7 Å². The van der Waals surface area contributed by atoms with Crippen LogP contribution in [-0.4, -0.2) is 113 Å². The topological polar surface area (TPSA) is 237 Å². The van der Waals surface area contributed by atoms with Gasteiger partial charge in [0.2, 0.25) is 6.10 Å². The SMILES string of the molecule is C=CCOC(=O)O[C@@H](C(=O)O[C@H]1C[C@@]2(O)C(OC(=O)c3ccccc3)C3[C@]4(OC(C)=O)COC4C[C@H](O)[C@@]3(C)C(=O)C(OC(C)=O)C(=C1C)C2(C)C)[C@@H](NC(=O)c1ccccc1)c1ccccc1. The van der Waals surface area contributed by atoms with Crippen LogP contribution in [-0.2, 0) is 52.3 Å². The Bertz CT molecular complexity index is 2490. The standard InChI is InChI=1S/C51H55NO16/c1-8-24-62-47(60)66-40(38(31-18-12-9-13-19-31)52-44(57)32-20-14-10-15-21-32)46(59)65-34-26-51(61)43(67-45(58)33-22-16-11-17-23-33)41-49(7,35(55)25-36-50(41,27-63-36)68-30(4)54)42(56)39(64-29(3)53)37(28(34)2)48(51,5)6/h8-23,34-36,38-41,43,55,61H,1,24-27H2,2-7H3,(H,52,57)/t34-,35-,36?,38-,39?,40+,41?,43?,49+,50-,51+/m0/s1. The summed E-state index contributed by atoms with van der Waals surface area (Å²) in [6, 6.07) is 22.5. The second kappa shape index (κ2) is 19.1. The van der Waals surface area contributed by atoms with Gasteiger partial charge in [-0.3, -0.25) is 19.2 Å². The molecule has 3 aromatic carbocycles. The summed E-state index contributed by atoms with van der Waals surface area (Å²) in [5, 5.41) is 28.8. The zero-order valence-electron chi connectivity index (χ0n) is 38.5. The van der Waals surface area contributed by atoms with Crippen molar-refractivity contribution in [3.63, 3.8) is 0 Å². The Hall–Kier alpha value is -6.69. The summed E-state index contributed by atoms with van der Waals surface area (Å²) in [5.74, 6) is -7.11. The van der Waals surface area contributed by atoms with Gasteiger partial charge in [-0.15, -0.1) is 0 Å². The lowest BCUT2D eigenvalue weighted by molar-refractivity contribution is -0.346. The molecule has 1 saturated heterocycles. The van der Waals surface area contributed by atoms with E-state index in [0.29, 0.717) is 5.56 Å². The van der Waals surface area contributed by atoms with Crippen molar-refractivity contribution in [2.24, 2.45) is 16.7 Å². The molecule has 17 heteroatoms. The molecular formula is C51H55NO16. The van der Waals surface area contributed by atoms with Crippen LogP contribution in [0.15, 0.2) is 115 Å². The molecule has 2 saturated carbocycles. The highest BCUT2D eigenvalue weighted by atomic mass is 16.7. The van der Waals surface area contributed by atoms with Gasteiger partial charge < -0.3 is 48.7 Å². The summed E-state index contributed by atoms with van der Waals surface area (Å²) in [6.45, 7) is 11.1. The number of benzene rings is 3. The quantitative estimate of drug-likeness (QED) is 0.115. The van der Waals surface area contributed by atoms with Crippen LogP contribution in [0.4, 0.5) is 4.79 Å². The number of aliphatic hydroxyl groups excluding tert-OH is 1. The minimum Gasteiger partial charge on any atom is -0.455 e. The maximum absolute atomic E-state index is 15.7. The fraction of sp³-hybridized carbons (Fsp3) is 0.431. The van der Waals surface area contributed by atoms with Crippen molar-refractivity contribution in [1.82, 2.24) is 5.32 Å². The maximum Gasteiger partial charge on any atom is 0.509 e. The van der Waals surface area contributed by atoms with Crippen LogP contribution in [0.5, 0.6) is 0 Å². The van der Waals surface area contributed by atoms with E-state index in [2.05, 4.69) is 11.9 Å². The number of amides is 1. The molecule has 4 unspecified atom stereocenters. The predicted octanol–water partition coefficient (Wildman–Crippen LogP) is 5.08. The van der Waals surface area contributed by atoms with Crippen LogP contribution >= 0.6 is 0 Å². The highest BCUT2D eigenvalue weighted by Gasteiger charge is 2.78. The van der Waals surface area contributed by atoms with Gasteiger partial charge in [0.05, 0.1) is 29.6 Å². The number of ketones is 1. The smallest absolute Gasteiger partial charge is 0.455 e. The van der Waals surface area contributed by atoms with Crippen molar-refractivity contribution in [3.05, 3.63) is 131 Å². The van der Waals surface area contributed by atoms with Crippen molar-refractivity contribution in [2.45, 2.75) is 108 Å². The zero-order chi connectivity index (χ0) is 49.3. The molecular weight excluding hydrogens is 883 g/mol. The van der Waals surface area contributed by atoms with E-state index < -0.39 is 119 Å². The number of carbonyl (C=O) groups excluding carboxylic acids is 7. The molecule has 1 aliphatic heterocycles. The van der Waals surface area contributed by atoms with Gasteiger partial charge in [-0.25, -0.2) is 14.4 Å². The van der Waals surface area contributed by atoms with E-state index in [-0.39, 0.29) is 41.9 Å². The number of carbonyl (C=O) groups is 7. The number of ether oxygens (including phenoxy) is 7. The minimum absolute atomic E-state index is 0.0413. The molecule has 1 amide bonds. The molecule has 3 aromatic rings. The third kappa shape index (κ3) is 8.69. The Morgan fingerprint density at radius 2 is 1.47 bits per heavy atom. The number of hydrogen-bond donors (Lipinski definition) is 3. The molecule has 3 N–H and O–H groups in total. The summed E-state index contributed by atoms with van der Waals surface area (Å²) in [6.07, 6.45) is -10.9. The highest BCUT2D eigenvalue weighted by molar-refractivity contribution is 5.96. The number of aliphatic hydroxyl groups is 2. The van der Waals surface area contributed by atoms with Crippen LogP contribution in [0.2, 0.25) is 0 Å². The Morgan fingerprint density at radius 1 is 0.868 bits per heavy atom. The molecule has 360 valence electrons. The molecule has 3 fully saturated rings. The van der Waals surface area contributed by atoms with Crippen molar-refractivity contribution < 1.29 is 76.9 Å². The van der Waals surface area contributed by atoms with Gasteiger partial charge >= 0.3 is 30.0 Å². The summed E-state index contributed by atoms with van der Waals surface area (Å²) < 4.78 is 41.4. The van der Waals surface area contributed by atoms with Gasteiger partial charge in [0.15, 0.2) is 17.5 Å². The highest BCUT2D eigenvalue weighted by Crippen LogP contribution is 2.64. The van der Waals surface area contributed by atoms with Gasteiger partial charge in [-0.05, 0) is 54.8 Å². The summed E-state index contributed by atoms with van der Waals surface area (Å²) in [5.41, 5.74) is -7.50. The van der Waals surface area contributed by atoms with Crippen molar-refractivity contribution >= 4 is 41.7 Å². The van der Waals surface area contributed by atoms with Crippen molar-refractivity contribution in [1.29, 1.82) is 0 Å². The van der Waals surface area contributed by atoms with Crippen LogP contribution in [0.1, 0.15) is 86.7 Å². The first-order chi connectivity index (χ1) is 32.2. The zero-order valence-corrected chi connectivity index (χ0v) is 38.5. The van der Waals surface area contributed by atoms with Gasteiger partial charge in [-0.1, -0.05) is 93.2 Å². The van der Waals surface area contributed by atoms with Crippen molar-refractivity contribution in [3.8, 4) is 0 Å². The Kier molecular flexibility index (Phi) is 13.8. The van der Waals surface area contributed by atoms with Crippen LogP contribution in [0.3, 0.4) is 0 Å². The molecule has 11 atom stereocenters. The Balaban J connectivity index is 1.42. The first-order valence-electron chi connectivity index (χ1n) is 22.2. The second-order valence-corrected chi connectivity index (χ2v) is 18.3. The number of Topliss-reactive ketones (excluding diaryl/α,β-unsaturated/α-hetero) is 1. The molecule has 0 radical (unpaired) electrons. The van der Waals surface area contributed by atoms with E-state index in [0.717, 1.165) is 13.8 Å². The average molecular weight is 938 g/mol. The number of rotatable bonds is 13. The van der Waals surface area contributed by atoms with E-state index in [1.165, 1.54) is 58.0 Å². The van der Waals surface area contributed by atoms with Crippen molar-refractivity contribution in [2.75, 3.05) is 13.2 Å². The first kappa shape index (κ1) is 49.2. The molecule has 0 spiro atoms. The number of esters is 4. The summed E-state index contributed by atoms with van der Waals surface area (Å²) in [4.78, 5) is 98.4. The lowest BCUT2D eigenvalue weighted by atomic mass is 9.44. The van der Waals surface area contributed by atoms with E-state index in [9.17, 15) is 34.2 Å². The molecule has 3 aliphatic carbocycles. The molecule has 1 heterocycles. The van der Waals surface area contributed by atoms with Crippen LogP contribution in [0, 0.1) is 16.7 Å². The monoisotopic (exact) mass is 937 g/mol. The lowest BCUT2D eigenvalue weighted by Gasteiger charge is -2.67. The Labute approximate surface area is 392 Å². The average Bonchev–Trinajstić information content (AvgIpc) is 3.30. The number of nitrogens with one attached hydrogen (secondary N) is 1. The Morgan fingerprint density at radius 3 is 2.03 bits per heavy atom. The van der Waals surface area contributed by atoms with Gasteiger partial charge in [0, 0.05) is 37.7 Å². The van der Waals surface area contributed by atoms with Crippen LogP contribution < -0.4 is 5.32 Å². The summed E-state index contributed by atoms with van der Waals surface area (Å²) >= 11 is 0.